The van der Waals surface area contributed by atoms with Gasteiger partial charge in [0.2, 0.25) is 5.91 Å². The van der Waals surface area contributed by atoms with Crippen LogP contribution in [0.15, 0.2) is 198 Å². The topological polar surface area (TPSA) is 250 Å². The van der Waals surface area contributed by atoms with Gasteiger partial charge in [-0.25, -0.2) is 19.9 Å². The molecule has 0 spiro atoms. The van der Waals surface area contributed by atoms with E-state index in [1.165, 1.54) is 57.8 Å². The lowest BCUT2D eigenvalue weighted by Gasteiger charge is -2.22. The van der Waals surface area contributed by atoms with E-state index in [0.717, 1.165) is 192 Å². The Bertz CT molecular complexity index is 6800. The van der Waals surface area contributed by atoms with Crippen molar-refractivity contribution in [3.05, 3.63) is 257 Å². The average Bonchev–Trinajstić information content (AvgIpc) is 1.62. The Morgan fingerprint density at radius 3 is 1.22 bits per heavy atom. The zero-order valence-electron chi connectivity index (χ0n) is 68.5. The van der Waals surface area contributed by atoms with Gasteiger partial charge in [0.15, 0.2) is 12.4 Å². The minimum absolute atomic E-state index is 0.0349. The summed E-state index contributed by atoms with van der Waals surface area (Å²) >= 11 is 14.7. The summed E-state index contributed by atoms with van der Waals surface area (Å²) < 4.78 is 21.3. The van der Waals surface area contributed by atoms with Gasteiger partial charge in [-0.3, -0.25) is 33.7 Å². The summed E-state index contributed by atoms with van der Waals surface area (Å²) in [5.74, 6) is 0.225. The number of hydrogen-bond acceptors (Lipinski definition) is 26. The molecule has 0 radical (unpaired) electrons. The number of imide groups is 1. The Balaban J connectivity index is 0.000000109. The summed E-state index contributed by atoms with van der Waals surface area (Å²) in [5, 5.41) is 22.6. The fourth-order valence-corrected chi connectivity index (χ4v) is 26.4. The minimum Gasteiger partial charge on any atom is -0.497 e. The molecule has 22 rings (SSSR count). The van der Waals surface area contributed by atoms with E-state index in [-0.39, 0.29) is 55.0 Å². The van der Waals surface area contributed by atoms with Gasteiger partial charge in [0.05, 0.1) is 64.0 Å². The number of likely N-dealkylation sites (N-methyl/N-ethyl adjacent to an activating group) is 4. The molecule has 10 aromatic heterocycles. The van der Waals surface area contributed by atoms with Crippen LogP contribution in [0.3, 0.4) is 0 Å². The smallest absolute Gasteiger partial charge is 0.292 e. The number of carbonyl (C=O) groups excluding carboxylic acids is 6. The number of methoxy groups -OCH3 is 1. The van der Waals surface area contributed by atoms with Crippen molar-refractivity contribution in [2.75, 3.05) is 95.9 Å². The maximum atomic E-state index is 13.1. The summed E-state index contributed by atoms with van der Waals surface area (Å²) in [4.78, 5) is 113. The first kappa shape index (κ1) is 83.2. The molecule has 6 amide bonds. The van der Waals surface area contributed by atoms with E-state index in [1.54, 1.807) is 134 Å². The average molecular weight is 1830 g/mol. The number of nitrogens with zero attached hydrogens (tertiary/aromatic N) is 9. The fourth-order valence-electron chi connectivity index (χ4n) is 16.0. The Hall–Kier alpha value is -11.4. The Morgan fingerprint density at radius 1 is 0.416 bits per heavy atom. The molecule has 0 saturated carbocycles. The number of furan rings is 1. The molecule has 0 aliphatic carbocycles. The molecule has 5 aliphatic rings. The molecule has 0 atom stereocenters. The quantitative estimate of drug-likeness (QED) is 0.0619. The van der Waals surface area contributed by atoms with E-state index in [0.29, 0.717) is 34.0 Å². The SMILES string of the molecule is CN1CCc2c(sc(NC(=O)CCN3C(=O)c4ccccc4C3=O)c2-c2nc3ccccc3s2)C1.CN1CCc2c(sc(NC(=O)c3cc4ccccc4o3)c2-c2nc3ccccc3s2)C1.CN1CCc2c(sc(NC(=O)c3cccs3)c2-c2nc3ccccc3s2)C1.COc1cccc(OCC(=O)Nc2sc3c(c2-c2nc4ccccc4s2)CCN(C)C3)c1. The van der Waals surface area contributed by atoms with E-state index in [4.69, 9.17) is 33.8 Å². The molecule has 22 nitrogen and oxygen atoms in total. The van der Waals surface area contributed by atoms with Crippen LogP contribution in [0.5, 0.6) is 11.5 Å². The number of ether oxygens (including phenoxy) is 2. The maximum Gasteiger partial charge on any atom is 0.292 e. The highest BCUT2D eigenvalue weighted by Gasteiger charge is 2.37. The number of nitrogens with one attached hydrogen (secondary N) is 4. The van der Waals surface area contributed by atoms with Gasteiger partial charge in [0.25, 0.3) is 29.5 Å². The lowest BCUT2D eigenvalue weighted by Crippen LogP contribution is -2.32. The number of carbonyl (C=O) groups is 6. The summed E-state index contributed by atoms with van der Waals surface area (Å²) in [6.07, 6.45) is 3.83. The first-order valence-corrected chi connectivity index (χ1v) is 48.1. The van der Waals surface area contributed by atoms with Crippen LogP contribution in [0, 0.1) is 0 Å². The normalized spacial score (nSPS) is 14.5. The second-order valence-electron chi connectivity index (χ2n) is 30.9. The van der Waals surface area contributed by atoms with Gasteiger partial charge < -0.3 is 54.8 Å². The van der Waals surface area contributed by atoms with Crippen molar-refractivity contribution in [3.8, 4) is 53.8 Å². The first-order chi connectivity index (χ1) is 60.9. The van der Waals surface area contributed by atoms with Crippen molar-refractivity contribution in [1.82, 2.24) is 44.4 Å². The molecule has 17 aromatic rings. The molecule has 125 heavy (non-hydrogen) atoms. The molecule has 0 unspecified atom stereocenters. The fraction of sp³-hybridized carbons (Fsp3) is 0.213. The number of amides is 6. The third kappa shape index (κ3) is 17.6. The standard InChI is InChI=1S/C26H22N4O3S2.C24H23N3O3S2.C24H19N3O2S2.C20H17N3OS3/c1-29-12-10-17-20(14-29)35-24(22(17)23-27-18-8-4-5-9-19(18)34-23)28-21(31)11-13-30-25(32)15-6-2-3-7-16(15)26(30)33;1-27-11-10-17-20(13-27)32-24(22(17)23-25-18-8-3-4-9-19(18)31-23)26-21(28)14-30-16-7-5-6-15(12-16)29-2;1-27-11-10-15-20(13-27)31-24(21(15)23-25-16-7-3-5-9-19(16)30-23)26-22(28)18-12-14-6-2-4-8-17(14)29-18;1-23-9-8-12-16(11-23)27-20(22-18(24)15-7-4-10-25-15)17(12)19-21-13-5-2-3-6-14(13)26-19/h2-9H,10-14H2,1H3,(H,28,31);3-9,12H,10-11,13-14H2,1-2H3,(H,26,28);2-9,12H,10-11,13H2,1H3,(H,26,28);2-7,10H,8-9,11H2,1H3,(H,22,24). The predicted octanol–water partition coefficient (Wildman–Crippen LogP) is 21.0. The molecule has 0 saturated heterocycles. The molecule has 0 fully saturated rings. The van der Waals surface area contributed by atoms with Crippen LogP contribution in [0.25, 0.3) is 94.1 Å². The lowest BCUT2D eigenvalue weighted by atomic mass is 10.0. The van der Waals surface area contributed by atoms with E-state index >= 15 is 0 Å². The van der Waals surface area contributed by atoms with E-state index in [1.807, 2.05) is 133 Å². The van der Waals surface area contributed by atoms with Crippen molar-refractivity contribution in [1.29, 1.82) is 0 Å². The van der Waals surface area contributed by atoms with Gasteiger partial charge in [-0.05, 0) is 173 Å². The molecule has 5 aliphatic heterocycles. The number of fused-ring (bicyclic) bond motifs is 10. The number of thiophene rings is 5. The van der Waals surface area contributed by atoms with Crippen LogP contribution >= 0.6 is 102 Å². The lowest BCUT2D eigenvalue weighted by molar-refractivity contribution is -0.118. The molecule has 0 bridgehead atoms. The summed E-state index contributed by atoms with van der Waals surface area (Å²) in [7, 11) is 10.1. The second kappa shape index (κ2) is 36.3. The molecular formula is C94H81N13O9S9. The van der Waals surface area contributed by atoms with Crippen LogP contribution in [-0.2, 0) is 61.5 Å². The largest absolute Gasteiger partial charge is 0.497 e. The van der Waals surface area contributed by atoms with Crippen molar-refractivity contribution in [2.24, 2.45) is 0 Å². The molecule has 7 aromatic carbocycles. The number of benzene rings is 7. The molecule has 4 N–H and O–H groups in total. The molecule has 31 heteroatoms. The number of hydrogen-bond donors (Lipinski definition) is 4. The summed E-state index contributed by atoms with van der Waals surface area (Å²) in [6.45, 7) is 7.47. The Morgan fingerprint density at radius 2 is 0.808 bits per heavy atom. The van der Waals surface area contributed by atoms with Gasteiger partial charge in [0.1, 0.15) is 57.1 Å². The van der Waals surface area contributed by atoms with Gasteiger partial charge in [-0.15, -0.1) is 102 Å². The maximum absolute atomic E-state index is 13.1. The third-order valence-electron chi connectivity index (χ3n) is 22.2. The van der Waals surface area contributed by atoms with Crippen LogP contribution in [-0.4, -0.2) is 155 Å². The van der Waals surface area contributed by atoms with Gasteiger partial charge in [-0.2, -0.15) is 0 Å². The number of thiazole rings is 4. The van der Waals surface area contributed by atoms with Gasteiger partial charge in [0, 0.05) is 119 Å². The summed E-state index contributed by atoms with van der Waals surface area (Å²) in [6, 6.07) is 59.8. The Labute approximate surface area is 755 Å². The van der Waals surface area contributed by atoms with Gasteiger partial charge in [-0.1, -0.05) is 91.0 Å². The van der Waals surface area contributed by atoms with E-state index < -0.39 is 0 Å². The highest BCUT2D eigenvalue weighted by Crippen LogP contribution is 2.51. The highest BCUT2D eigenvalue weighted by molar-refractivity contribution is 7.25. The van der Waals surface area contributed by atoms with Crippen LogP contribution in [0.2, 0.25) is 0 Å². The number of para-hydroxylation sites is 5. The van der Waals surface area contributed by atoms with E-state index in [9.17, 15) is 28.8 Å². The van der Waals surface area contributed by atoms with Crippen LogP contribution in [0.4, 0.5) is 20.0 Å². The molecule has 630 valence electrons. The number of anilines is 4. The minimum atomic E-state index is -0.344. The zero-order valence-corrected chi connectivity index (χ0v) is 75.8. The first-order valence-electron chi connectivity index (χ1n) is 40.7. The van der Waals surface area contributed by atoms with Crippen LogP contribution < -0.4 is 30.7 Å². The monoisotopic (exact) mass is 1820 g/mol. The van der Waals surface area contributed by atoms with Crippen LogP contribution in [0.1, 0.15) is 89.1 Å². The highest BCUT2D eigenvalue weighted by atomic mass is 32.1. The van der Waals surface area contributed by atoms with Crippen molar-refractivity contribution >= 4 is 209 Å². The third-order valence-corrected chi connectivity index (χ3v) is 31.8. The molecule has 15 heterocycles. The van der Waals surface area contributed by atoms with Crippen molar-refractivity contribution in [2.45, 2.75) is 58.3 Å². The van der Waals surface area contributed by atoms with Crippen molar-refractivity contribution in [3.63, 3.8) is 0 Å². The molecular weight excluding hydrogens is 1740 g/mol. The summed E-state index contributed by atoms with van der Waals surface area (Å²) in [5.41, 5.74) is 14.9. The zero-order chi connectivity index (χ0) is 85.5. The van der Waals surface area contributed by atoms with E-state index in [2.05, 4.69) is 93.3 Å². The number of rotatable bonds is 17. The Kier molecular flexibility index (Phi) is 24.1. The predicted molar refractivity (Wildman–Crippen MR) is 510 cm³/mol. The number of aromatic nitrogens is 4. The second-order valence-corrected chi connectivity index (χ2v) is 40.4. The van der Waals surface area contributed by atoms with Crippen molar-refractivity contribution < 1.29 is 42.7 Å². The van der Waals surface area contributed by atoms with Gasteiger partial charge >= 0.3 is 0 Å².